The minimum absolute atomic E-state index is 0.283. The molecule has 0 aliphatic carbocycles. The molecular formula is C16H20N4O2. The number of benzene rings is 1. The Hall–Kier alpha value is -2.21. The van der Waals surface area contributed by atoms with Crippen LogP contribution >= 0.6 is 0 Å². The molecule has 0 radical (unpaired) electrons. The van der Waals surface area contributed by atoms with E-state index in [2.05, 4.69) is 15.2 Å². The lowest BCUT2D eigenvalue weighted by Gasteiger charge is -2.16. The first-order valence-electron chi connectivity index (χ1n) is 7.68. The Morgan fingerprint density at radius 2 is 2.09 bits per heavy atom. The first-order chi connectivity index (χ1) is 10.8. The van der Waals surface area contributed by atoms with Crippen molar-refractivity contribution in [3.8, 4) is 0 Å². The predicted octanol–water partition coefficient (Wildman–Crippen LogP) is 1.93. The summed E-state index contributed by atoms with van der Waals surface area (Å²) in [6, 6.07) is 7.68. The second kappa shape index (κ2) is 6.70. The Kier molecular flexibility index (Phi) is 4.48. The number of aromatic nitrogens is 3. The van der Waals surface area contributed by atoms with Crippen LogP contribution in [0.3, 0.4) is 0 Å². The number of likely N-dealkylation sites (tertiary alicyclic amines) is 1. The average Bonchev–Trinajstić information content (AvgIpc) is 3.17. The third-order valence-electron chi connectivity index (χ3n) is 3.79. The van der Waals surface area contributed by atoms with Crippen molar-refractivity contribution in [1.29, 1.82) is 0 Å². The first kappa shape index (κ1) is 14.7. The Balaban J connectivity index is 1.90. The van der Waals surface area contributed by atoms with Crippen molar-refractivity contribution in [2.45, 2.75) is 19.8 Å². The van der Waals surface area contributed by atoms with Gasteiger partial charge in [0.1, 0.15) is 5.52 Å². The van der Waals surface area contributed by atoms with Gasteiger partial charge in [-0.05, 0) is 45.0 Å². The maximum atomic E-state index is 12.2. The molecule has 0 unspecified atom stereocenters. The summed E-state index contributed by atoms with van der Waals surface area (Å²) in [6.07, 6.45) is 4.11. The topological polar surface area (TPSA) is 60.3 Å². The van der Waals surface area contributed by atoms with Crippen molar-refractivity contribution in [2.75, 3.05) is 26.2 Å². The molecule has 0 saturated carbocycles. The van der Waals surface area contributed by atoms with E-state index in [1.807, 2.05) is 31.2 Å². The monoisotopic (exact) mass is 300 g/mol. The van der Waals surface area contributed by atoms with Crippen molar-refractivity contribution in [1.82, 2.24) is 19.9 Å². The normalized spacial score (nSPS) is 16.3. The van der Waals surface area contributed by atoms with Crippen LogP contribution in [-0.4, -0.2) is 52.1 Å². The van der Waals surface area contributed by atoms with Crippen molar-refractivity contribution in [2.24, 2.45) is 0 Å². The molecule has 0 N–H and O–H groups in total. The maximum absolute atomic E-state index is 12.2. The fraction of sp³-hybridized carbons (Fsp3) is 0.438. The van der Waals surface area contributed by atoms with Crippen LogP contribution in [0.15, 0.2) is 29.8 Å². The summed E-state index contributed by atoms with van der Waals surface area (Å²) in [5, 5.41) is 8.23. The summed E-state index contributed by atoms with van der Waals surface area (Å²) in [4.78, 5) is 14.5. The van der Waals surface area contributed by atoms with Gasteiger partial charge in [0, 0.05) is 12.7 Å². The van der Waals surface area contributed by atoms with Crippen molar-refractivity contribution < 1.29 is 9.53 Å². The molecule has 3 rings (SSSR count). The second-order valence-electron chi connectivity index (χ2n) is 5.38. The fourth-order valence-electron chi connectivity index (χ4n) is 2.69. The standard InChI is InChI=1S/C16H20N4O2/c1-2-22-16(21)13(11-19-9-5-6-10-19)12-20-15-8-4-3-7-14(15)17-18-20/h3-4,7-8,12H,2,5-6,9-11H2,1H3. The molecule has 1 aromatic carbocycles. The van der Waals surface area contributed by atoms with Crippen LogP contribution in [0.5, 0.6) is 0 Å². The molecule has 0 spiro atoms. The zero-order valence-corrected chi connectivity index (χ0v) is 12.7. The summed E-state index contributed by atoms with van der Waals surface area (Å²) < 4.78 is 6.83. The van der Waals surface area contributed by atoms with Crippen LogP contribution in [0.4, 0.5) is 0 Å². The molecule has 0 atom stereocenters. The molecule has 116 valence electrons. The molecule has 1 aliphatic heterocycles. The number of rotatable bonds is 5. The molecular weight excluding hydrogens is 280 g/mol. The summed E-state index contributed by atoms with van der Waals surface area (Å²) in [5.74, 6) is -0.283. The zero-order valence-electron chi connectivity index (χ0n) is 12.7. The van der Waals surface area contributed by atoms with Gasteiger partial charge in [-0.25, -0.2) is 9.48 Å². The van der Waals surface area contributed by atoms with Crippen molar-refractivity contribution in [3.05, 3.63) is 29.8 Å². The van der Waals surface area contributed by atoms with E-state index in [1.165, 1.54) is 12.8 Å². The van der Waals surface area contributed by atoms with Crippen LogP contribution < -0.4 is 0 Å². The highest BCUT2D eigenvalue weighted by Crippen LogP contribution is 2.15. The van der Waals surface area contributed by atoms with Gasteiger partial charge in [-0.2, -0.15) is 0 Å². The molecule has 1 fully saturated rings. The Labute approximate surface area is 129 Å². The van der Waals surface area contributed by atoms with Crippen molar-refractivity contribution >= 4 is 23.2 Å². The van der Waals surface area contributed by atoms with Gasteiger partial charge in [-0.1, -0.05) is 17.3 Å². The van der Waals surface area contributed by atoms with Crippen LogP contribution in [0.1, 0.15) is 19.8 Å². The summed E-state index contributed by atoms with van der Waals surface area (Å²) >= 11 is 0. The molecule has 2 heterocycles. The Morgan fingerprint density at radius 1 is 1.32 bits per heavy atom. The van der Waals surface area contributed by atoms with Gasteiger partial charge in [-0.15, -0.1) is 5.10 Å². The smallest absolute Gasteiger partial charge is 0.336 e. The molecule has 0 bridgehead atoms. The molecule has 22 heavy (non-hydrogen) atoms. The number of carbonyl (C=O) groups is 1. The second-order valence-corrected chi connectivity index (χ2v) is 5.38. The van der Waals surface area contributed by atoms with Gasteiger partial charge < -0.3 is 4.74 Å². The summed E-state index contributed by atoms with van der Waals surface area (Å²) in [5.41, 5.74) is 2.30. The van der Waals surface area contributed by atoms with E-state index in [4.69, 9.17) is 4.74 Å². The molecule has 2 aromatic rings. The van der Waals surface area contributed by atoms with E-state index < -0.39 is 0 Å². The van der Waals surface area contributed by atoms with E-state index in [-0.39, 0.29) is 5.97 Å². The summed E-state index contributed by atoms with van der Waals surface area (Å²) in [7, 11) is 0. The highest BCUT2D eigenvalue weighted by atomic mass is 16.5. The van der Waals surface area contributed by atoms with Gasteiger partial charge in [0.05, 0.1) is 17.7 Å². The molecule has 6 nitrogen and oxygen atoms in total. The minimum Gasteiger partial charge on any atom is -0.463 e. The minimum atomic E-state index is -0.283. The van der Waals surface area contributed by atoms with E-state index >= 15 is 0 Å². The van der Waals surface area contributed by atoms with Gasteiger partial charge in [-0.3, -0.25) is 4.90 Å². The van der Waals surface area contributed by atoms with E-state index in [0.717, 1.165) is 24.1 Å². The lowest BCUT2D eigenvalue weighted by atomic mass is 10.2. The Bertz CT molecular complexity index is 686. The largest absolute Gasteiger partial charge is 0.463 e. The lowest BCUT2D eigenvalue weighted by molar-refractivity contribution is -0.138. The van der Waals surface area contributed by atoms with Crippen LogP contribution in [0.2, 0.25) is 0 Å². The van der Waals surface area contributed by atoms with E-state index in [9.17, 15) is 4.79 Å². The highest BCUT2D eigenvalue weighted by Gasteiger charge is 2.19. The molecule has 0 amide bonds. The van der Waals surface area contributed by atoms with Gasteiger partial charge in [0.2, 0.25) is 0 Å². The molecule has 6 heteroatoms. The van der Waals surface area contributed by atoms with Crippen LogP contribution in [0.25, 0.3) is 17.2 Å². The highest BCUT2D eigenvalue weighted by molar-refractivity contribution is 5.93. The summed E-state index contributed by atoms with van der Waals surface area (Å²) in [6.45, 7) is 4.82. The number of fused-ring (bicyclic) bond motifs is 1. The van der Waals surface area contributed by atoms with Crippen LogP contribution in [-0.2, 0) is 9.53 Å². The molecule has 1 aliphatic rings. The van der Waals surface area contributed by atoms with Gasteiger partial charge in [0.25, 0.3) is 0 Å². The predicted molar refractivity (Wildman–Crippen MR) is 84.1 cm³/mol. The number of hydrogen-bond acceptors (Lipinski definition) is 5. The fourth-order valence-corrected chi connectivity index (χ4v) is 2.69. The number of nitrogens with zero attached hydrogens (tertiary/aromatic N) is 4. The quantitative estimate of drug-likeness (QED) is 0.624. The molecule has 1 aromatic heterocycles. The lowest BCUT2D eigenvalue weighted by Crippen LogP contribution is -2.26. The van der Waals surface area contributed by atoms with Crippen molar-refractivity contribution in [3.63, 3.8) is 0 Å². The first-order valence-corrected chi connectivity index (χ1v) is 7.68. The third kappa shape index (κ3) is 3.17. The third-order valence-corrected chi connectivity index (χ3v) is 3.79. The zero-order chi connectivity index (χ0) is 15.4. The number of para-hydroxylation sites is 1. The Morgan fingerprint density at radius 3 is 2.86 bits per heavy atom. The number of ether oxygens (including phenoxy) is 1. The number of esters is 1. The molecule has 1 saturated heterocycles. The number of hydrogen-bond donors (Lipinski definition) is 0. The van der Waals surface area contributed by atoms with Crippen LogP contribution in [0, 0.1) is 0 Å². The van der Waals surface area contributed by atoms with E-state index in [1.54, 1.807) is 10.9 Å². The average molecular weight is 300 g/mol. The van der Waals surface area contributed by atoms with E-state index in [0.29, 0.717) is 18.7 Å². The maximum Gasteiger partial charge on any atom is 0.336 e. The number of carbonyl (C=O) groups excluding carboxylic acids is 1. The van der Waals surface area contributed by atoms with Gasteiger partial charge >= 0.3 is 5.97 Å². The van der Waals surface area contributed by atoms with Gasteiger partial charge in [0.15, 0.2) is 0 Å². The SMILES string of the molecule is CCOC(=O)C(=Cn1nnc2ccccc21)CN1CCCC1.